The third-order valence-corrected chi connectivity index (χ3v) is 8.82. The molecule has 0 spiro atoms. The fourth-order valence-corrected chi connectivity index (χ4v) is 6.29. The zero-order valence-electron chi connectivity index (χ0n) is 25.3. The van der Waals surface area contributed by atoms with E-state index in [1.165, 1.54) is 25.7 Å². The van der Waals surface area contributed by atoms with E-state index in [0.29, 0.717) is 32.5 Å². The average Bonchev–Trinajstić information content (AvgIpc) is 3.45. The number of amides is 2. The van der Waals surface area contributed by atoms with Gasteiger partial charge in [-0.1, -0.05) is 81.1 Å². The summed E-state index contributed by atoms with van der Waals surface area (Å²) in [6.45, 7) is 6.13. The molecular formula is C33H45N5O3S. The molecule has 1 fully saturated rings. The fourth-order valence-electron chi connectivity index (χ4n) is 5.40. The standard InChI is InChI=1S/C33H45N5O3S/c1-4-5-6-7-8-12-16-31(40)37-23-22-36(25-26(37)2)30(39)17-13-24-42-33-35-34-32(27-14-10-9-11-15-27)38(33)28-18-20-29(41-3)21-19-28/h9-11,14-15,18-21,26H,4-8,12-13,16-17,22-25H2,1-3H3. The summed E-state index contributed by atoms with van der Waals surface area (Å²) in [5.74, 6) is 2.71. The average molecular weight is 592 g/mol. The second kappa shape index (κ2) is 16.3. The quantitative estimate of drug-likeness (QED) is 0.146. The third kappa shape index (κ3) is 8.60. The number of rotatable bonds is 15. The Morgan fingerprint density at radius 2 is 1.60 bits per heavy atom. The van der Waals surface area contributed by atoms with Gasteiger partial charge in [-0.25, -0.2) is 0 Å². The van der Waals surface area contributed by atoms with E-state index in [9.17, 15) is 9.59 Å². The summed E-state index contributed by atoms with van der Waals surface area (Å²) in [5.41, 5.74) is 1.94. The van der Waals surface area contributed by atoms with Crippen LogP contribution < -0.4 is 4.74 Å². The van der Waals surface area contributed by atoms with Gasteiger partial charge in [0.2, 0.25) is 11.8 Å². The summed E-state index contributed by atoms with van der Waals surface area (Å²) in [5, 5.41) is 9.80. The number of nitrogens with zero attached hydrogens (tertiary/aromatic N) is 5. The number of methoxy groups -OCH3 is 1. The number of ether oxygens (including phenoxy) is 1. The van der Waals surface area contributed by atoms with Crippen molar-refractivity contribution in [2.45, 2.75) is 82.8 Å². The van der Waals surface area contributed by atoms with Gasteiger partial charge in [0.1, 0.15) is 5.75 Å². The Bertz CT molecular complexity index is 1260. The van der Waals surface area contributed by atoms with E-state index in [2.05, 4.69) is 28.6 Å². The highest BCUT2D eigenvalue weighted by molar-refractivity contribution is 7.99. The van der Waals surface area contributed by atoms with E-state index in [-0.39, 0.29) is 17.9 Å². The molecule has 1 aliphatic rings. The van der Waals surface area contributed by atoms with E-state index in [1.54, 1.807) is 18.9 Å². The molecule has 8 nitrogen and oxygen atoms in total. The SMILES string of the molecule is CCCCCCCCC(=O)N1CCN(C(=O)CCCSc2nnc(-c3ccccc3)n2-c2ccc(OC)cc2)CC1C. The van der Waals surface area contributed by atoms with Gasteiger partial charge in [-0.05, 0) is 44.0 Å². The molecule has 1 aliphatic heterocycles. The van der Waals surface area contributed by atoms with Gasteiger partial charge in [0, 0.05) is 55.5 Å². The van der Waals surface area contributed by atoms with E-state index < -0.39 is 0 Å². The summed E-state index contributed by atoms with van der Waals surface area (Å²) in [6, 6.07) is 18.0. The van der Waals surface area contributed by atoms with Crippen molar-refractivity contribution in [1.82, 2.24) is 24.6 Å². The molecule has 3 aromatic rings. The van der Waals surface area contributed by atoms with Crippen LogP contribution in [-0.4, -0.2) is 74.9 Å². The number of piperazine rings is 1. The maximum atomic E-state index is 13.0. The van der Waals surface area contributed by atoms with E-state index >= 15 is 0 Å². The number of carbonyl (C=O) groups is 2. The van der Waals surface area contributed by atoms with Crippen molar-refractivity contribution < 1.29 is 14.3 Å². The summed E-state index contributed by atoms with van der Waals surface area (Å²) < 4.78 is 7.40. The van der Waals surface area contributed by atoms with Crippen LogP contribution in [0.15, 0.2) is 59.8 Å². The Morgan fingerprint density at radius 3 is 2.31 bits per heavy atom. The van der Waals surface area contributed by atoms with Crippen LogP contribution in [0.3, 0.4) is 0 Å². The lowest BCUT2D eigenvalue weighted by molar-refractivity contribution is -0.142. The first-order valence-corrected chi connectivity index (χ1v) is 16.4. The highest BCUT2D eigenvalue weighted by Crippen LogP contribution is 2.29. The molecule has 1 unspecified atom stereocenters. The zero-order valence-corrected chi connectivity index (χ0v) is 26.2. The number of aromatic nitrogens is 3. The highest BCUT2D eigenvalue weighted by atomic mass is 32.2. The molecule has 2 heterocycles. The first kappa shape index (κ1) is 31.6. The summed E-state index contributed by atoms with van der Waals surface area (Å²) in [6.07, 6.45) is 8.92. The van der Waals surface area contributed by atoms with Gasteiger partial charge < -0.3 is 14.5 Å². The molecule has 4 rings (SSSR count). The molecule has 0 radical (unpaired) electrons. The molecule has 2 aromatic carbocycles. The number of hydrogen-bond donors (Lipinski definition) is 0. The number of hydrogen-bond acceptors (Lipinski definition) is 6. The number of benzene rings is 2. The molecule has 0 bridgehead atoms. The van der Waals surface area contributed by atoms with Gasteiger partial charge in [0.15, 0.2) is 11.0 Å². The lowest BCUT2D eigenvalue weighted by atomic mass is 10.1. The Labute approximate surface area is 254 Å². The zero-order chi connectivity index (χ0) is 29.7. The minimum Gasteiger partial charge on any atom is -0.497 e. The molecule has 1 saturated heterocycles. The van der Waals surface area contributed by atoms with Crippen LogP contribution in [0.1, 0.15) is 71.6 Å². The topological polar surface area (TPSA) is 80.6 Å². The Kier molecular flexibility index (Phi) is 12.3. The van der Waals surface area contributed by atoms with Crippen molar-refractivity contribution in [3.05, 3.63) is 54.6 Å². The molecule has 9 heteroatoms. The van der Waals surface area contributed by atoms with Crippen molar-refractivity contribution in [2.24, 2.45) is 0 Å². The Hall–Kier alpha value is -3.33. The van der Waals surface area contributed by atoms with E-state index in [4.69, 9.17) is 4.74 Å². The molecule has 0 N–H and O–H groups in total. The summed E-state index contributed by atoms with van der Waals surface area (Å²) in [4.78, 5) is 29.7. The largest absolute Gasteiger partial charge is 0.497 e. The monoisotopic (exact) mass is 591 g/mol. The Morgan fingerprint density at radius 1 is 0.881 bits per heavy atom. The van der Waals surface area contributed by atoms with Crippen molar-refractivity contribution in [3.63, 3.8) is 0 Å². The van der Waals surface area contributed by atoms with Gasteiger partial charge in [0.05, 0.1) is 7.11 Å². The minimum atomic E-state index is 0.0594. The van der Waals surface area contributed by atoms with E-state index in [1.807, 2.05) is 64.4 Å². The lowest BCUT2D eigenvalue weighted by Crippen LogP contribution is -2.55. The van der Waals surface area contributed by atoms with Gasteiger partial charge >= 0.3 is 0 Å². The second-order valence-electron chi connectivity index (χ2n) is 11.0. The first-order chi connectivity index (χ1) is 20.5. The number of carbonyl (C=O) groups excluding carboxylic acids is 2. The molecule has 2 amide bonds. The van der Waals surface area contributed by atoms with Crippen molar-refractivity contribution in [1.29, 1.82) is 0 Å². The molecule has 0 saturated carbocycles. The number of thioether (sulfide) groups is 1. The van der Waals surface area contributed by atoms with Crippen LogP contribution in [0.25, 0.3) is 17.1 Å². The van der Waals surface area contributed by atoms with Gasteiger partial charge in [0.25, 0.3) is 0 Å². The molecule has 1 aromatic heterocycles. The van der Waals surface area contributed by atoms with Crippen molar-refractivity contribution in [3.8, 4) is 22.8 Å². The van der Waals surface area contributed by atoms with Gasteiger partial charge in [-0.2, -0.15) is 0 Å². The molecule has 42 heavy (non-hydrogen) atoms. The van der Waals surface area contributed by atoms with Crippen LogP contribution >= 0.6 is 11.8 Å². The smallest absolute Gasteiger partial charge is 0.222 e. The summed E-state index contributed by atoms with van der Waals surface area (Å²) in [7, 11) is 1.66. The maximum absolute atomic E-state index is 13.0. The van der Waals surface area contributed by atoms with Crippen molar-refractivity contribution in [2.75, 3.05) is 32.5 Å². The maximum Gasteiger partial charge on any atom is 0.222 e. The predicted octanol–water partition coefficient (Wildman–Crippen LogP) is 6.63. The van der Waals surface area contributed by atoms with Crippen LogP contribution in [0.2, 0.25) is 0 Å². The van der Waals surface area contributed by atoms with Crippen LogP contribution in [0, 0.1) is 0 Å². The predicted molar refractivity (Wildman–Crippen MR) is 169 cm³/mol. The molecule has 0 aliphatic carbocycles. The van der Waals surface area contributed by atoms with Crippen LogP contribution in [-0.2, 0) is 9.59 Å². The fraction of sp³-hybridized carbons (Fsp3) is 0.515. The normalized spacial score (nSPS) is 15.2. The lowest BCUT2D eigenvalue weighted by Gasteiger charge is -2.40. The first-order valence-electron chi connectivity index (χ1n) is 15.4. The Balaban J connectivity index is 1.26. The van der Waals surface area contributed by atoms with E-state index in [0.717, 1.165) is 53.0 Å². The molecule has 226 valence electrons. The second-order valence-corrected chi connectivity index (χ2v) is 12.0. The molecule has 1 atom stereocenters. The van der Waals surface area contributed by atoms with Crippen LogP contribution in [0.5, 0.6) is 5.75 Å². The number of unbranched alkanes of at least 4 members (excludes halogenated alkanes) is 5. The van der Waals surface area contributed by atoms with Crippen molar-refractivity contribution >= 4 is 23.6 Å². The van der Waals surface area contributed by atoms with Crippen LogP contribution in [0.4, 0.5) is 0 Å². The van der Waals surface area contributed by atoms with Gasteiger partial charge in [-0.3, -0.25) is 14.2 Å². The highest BCUT2D eigenvalue weighted by Gasteiger charge is 2.29. The summed E-state index contributed by atoms with van der Waals surface area (Å²) >= 11 is 1.61. The minimum absolute atomic E-state index is 0.0594. The molecular weight excluding hydrogens is 546 g/mol. The van der Waals surface area contributed by atoms with Gasteiger partial charge in [-0.15, -0.1) is 10.2 Å². The third-order valence-electron chi connectivity index (χ3n) is 7.81.